The summed E-state index contributed by atoms with van der Waals surface area (Å²) in [6.07, 6.45) is 2.46. The number of nitrogens with two attached hydrogens (primary N) is 1. The van der Waals surface area contributed by atoms with Gasteiger partial charge in [-0.1, -0.05) is 0 Å². The van der Waals surface area contributed by atoms with Gasteiger partial charge in [0.1, 0.15) is 5.82 Å². The number of ether oxygens (including phenoxy) is 1. The van der Waals surface area contributed by atoms with E-state index in [1.54, 1.807) is 18.3 Å². The second kappa shape index (κ2) is 5.14. The third-order valence-electron chi connectivity index (χ3n) is 3.62. The number of morpholine rings is 1. The number of carbonyl (C=O) groups excluding carboxylic acids is 1. The van der Waals surface area contributed by atoms with Crippen molar-refractivity contribution < 1.29 is 9.53 Å². The summed E-state index contributed by atoms with van der Waals surface area (Å²) in [5.41, 5.74) is 6.13. The van der Waals surface area contributed by atoms with Gasteiger partial charge < -0.3 is 20.7 Å². The smallest absolute Gasteiger partial charge is 0.255 e. The summed E-state index contributed by atoms with van der Waals surface area (Å²) >= 11 is 0. The predicted molar refractivity (Wildman–Crippen MR) is 70.7 cm³/mol. The van der Waals surface area contributed by atoms with Crippen LogP contribution in [-0.4, -0.2) is 54.2 Å². The fourth-order valence-electron chi connectivity index (χ4n) is 2.62. The molecule has 0 aromatic carbocycles. The van der Waals surface area contributed by atoms with Crippen LogP contribution >= 0.6 is 0 Å². The standard InChI is InChI=1S/C13H18N4O2/c14-12-2-1-9(5-15-12)13(18)17-4-3-10-7-19-8-11(6-17)16-10/h1-2,5,10-11,16H,3-4,6-8H2,(H2,14,15). The zero-order valence-electron chi connectivity index (χ0n) is 10.7. The van der Waals surface area contributed by atoms with Gasteiger partial charge in [-0.15, -0.1) is 0 Å². The molecule has 3 heterocycles. The van der Waals surface area contributed by atoms with Crippen LogP contribution < -0.4 is 11.1 Å². The van der Waals surface area contributed by atoms with Crippen molar-refractivity contribution in [2.75, 3.05) is 32.0 Å². The summed E-state index contributed by atoms with van der Waals surface area (Å²) in [6.45, 7) is 2.84. The van der Waals surface area contributed by atoms with Gasteiger partial charge in [-0.3, -0.25) is 4.79 Å². The predicted octanol–water partition coefficient (Wildman–Crippen LogP) is -0.133. The van der Waals surface area contributed by atoms with Crippen LogP contribution in [0, 0.1) is 0 Å². The quantitative estimate of drug-likeness (QED) is 0.736. The Morgan fingerprint density at radius 1 is 1.42 bits per heavy atom. The molecule has 2 aliphatic rings. The second-order valence-corrected chi connectivity index (χ2v) is 5.11. The highest BCUT2D eigenvalue weighted by Crippen LogP contribution is 2.14. The molecule has 6 nitrogen and oxygen atoms in total. The van der Waals surface area contributed by atoms with Gasteiger partial charge in [0.2, 0.25) is 0 Å². The van der Waals surface area contributed by atoms with E-state index in [9.17, 15) is 4.79 Å². The number of pyridine rings is 1. The molecule has 19 heavy (non-hydrogen) atoms. The van der Waals surface area contributed by atoms with Crippen LogP contribution in [0.1, 0.15) is 16.8 Å². The van der Waals surface area contributed by atoms with Gasteiger partial charge >= 0.3 is 0 Å². The molecule has 2 fully saturated rings. The molecule has 1 aromatic rings. The van der Waals surface area contributed by atoms with E-state index < -0.39 is 0 Å². The normalized spacial score (nSPS) is 26.8. The maximum atomic E-state index is 12.4. The Hall–Kier alpha value is -1.66. The molecule has 3 N–H and O–H groups in total. The maximum Gasteiger partial charge on any atom is 0.255 e. The number of rotatable bonds is 1. The lowest BCUT2D eigenvalue weighted by Crippen LogP contribution is -2.50. The highest BCUT2D eigenvalue weighted by atomic mass is 16.5. The number of hydrogen-bond acceptors (Lipinski definition) is 5. The van der Waals surface area contributed by atoms with Crippen molar-refractivity contribution in [3.05, 3.63) is 23.9 Å². The minimum atomic E-state index is 0.0156. The molecule has 1 amide bonds. The van der Waals surface area contributed by atoms with E-state index in [4.69, 9.17) is 10.5 Å². The first-order valence-electron chi connectivity index (χ1n) is 6.57. The number of hydrogen-bond donors (Lipinski definition) is 2. The van der Waals surface area contributed by atoms with Gasteiger partial charge in [-0.2, -0.15) is 0 Å². The number of nitrogens with one attached hydrogen (secondary N) is 1. The van der Waals surface area contributed by atoms with E-state index in [1.807, 2.05) is 4.90 Å². The Bertz CT molecular complexity index is 462. The van der Waals surface area contributed by atoms with Crippen molar-refractivity contribution in [2.24, 2.45) is 0 Å². The third-order valence-corrected chi connectivity index (χ3v) is 3.62. The number of carbonyl (C=O) groups is 1. The molecule has 0 aliphatic carbocycles. The van der Waals surface area contributed by atoms with Crippen LogP contribution in [0.5, 0.6) is 0 Å². The van der Waals surface area contributed by atoms with E-state index >= 15 is 0 Å². The highest BCUT2D eigenvalue weighted by molar-refractivity contribution is 5.94. The third kappa shape index (κ3) is 2.69. The lowest BCUT2D eigenvalue weighted by atomic mass is 10.2. The van der Waals surface area contributed by atoms with Gasteiger partial charge in [0.25, 0.3) is 5.91 Å². The zero-order valence-corrected chi connectivity index (χ0v) is 10.7. The van der Waals surface area contributed by atoms with E-state index in [1.165, 1.54) is 0 Å². The van der Waals surface area contributed by atoms with E-state index in [0.29, 0.717) is 30.6 Å². The molecule has 3 rings (SSSR count). The van der Waals surface area contributed by atoms with E-state index in [2.05, 4.69) is 10.3 Å². The fourth-order valence-corrected chi connectivity index (χ4v) is 2.62. The number of nitrogen functional groups attached to an aromatic ring is 1. The Kier molecular flexibility index (Phi) is 3.35. The summed E-state index contributed by atoms with van der Waals surface area (Å²) in [6, 6.07) is 3.98. The average molecular weight is 262 g/mol. The first-order chi connectivity index (χ1) is 9.22. The van der Waals surface area contributed by atoms with E-state index in [-0.39, 0.29) is 11.9 Å². The molecule has 2 saturated heterocycles. The van der Waals surface area contributed by atoms with Crippen LogP contribution in [-0.2, 0) is 4.74 Å². The maximum absolute atomic E-state index is 12.4. The Balaban J connectivity index is 1.74. The zero-order chi connectivity index (χ0) is 13.2. The van der Waals surface area contributed by atoms with Crippen molar-refractivity contribution >= 4 is 11.7 Å². The lowest BCUT2D eigenvalue weighted by molar-refractivity contribution is 0.0462. The van der Waals surface area contributed by atoms with Gasteiger partial charge in [-0.05, 0) is 18.6 Å². The minimum absolute atomic E-state index is 0.0156. The number of aromatic nitrogens is 1. The van der Waals surface area contributed by atoms with Crippen molar-refractivity contribution in [2.45, 2.75) is 18.5 Å². The summed E-state index contributed by atoms with van der Waals surface area (Å²) in [5.74, 6) is 0.445. The molecule has 2 atom stereocenters. The number of amides is 1. The average Bonchev–Trinajstić information content (AvgIpc) is 2.57. The van der Waals surface area contributed by atoms with Gasteiger partial charge in [0.05, 0.1) is 18.8 Å². The second-order valence-electron chi connectivity index (χ2n) is 5.11. The molecular formula is C13H18N4O2. The molecule has 0 radical (unpaired) electrons. The van der Waals surface area contributed by atoms with Gasteiger partial charge in [-0.25, -0.2) is 4.98 Å². The molecule has 1 aromatic heterocycles. The van der Waals surface area contributed by atoms with Crippen molar-refractivity contribution in [3.63, 3.8) is 0 Å². The fraction of sp³-hybridized carbons (Fsp3) is 0.538. The van der Waals surface area contributed by atoms with E-state index in [0.717, 1.165) is 19.6 Å². The van der Waals surface area contributed by atoms with Crippen LogP contribution in [0.4, 0.5) is 5.82 Å². The lowest BCUT2D eigenvalue weighted by Gasteiger charge is -2.29. The first kappa shape index (κ1) is 12.4. The highest BCUT2D eigenvalue weighted by Gasteiger charge is 2.30. The largest absolute Gasteiger partial charge is 0.384 e. The molecule has 102 valence electrons. The number of anilines is 1. The Morgan fingerprint density at radius 2 is 2.26 bits per heavy atom. The van der Waals surface area contributed by atoms with Crippen molar-refractivity contribution in [1.82, 2.24) is 15.2 Å². The summed E-state index contributed by atoms with van der Waals surface area (Å²) < 4.78 is 5.54. The first-order valence-corrected chi connectivity index (χ1v) is 6.57. The summed E-state index contributed by atoms with van der Waals surface area (Å²) in [5, 5.41) is 3.51. The molecular weight excluding hydrogens is 244 g/mol. The SMILES string of the molecule is Nc1ccc(C(=O)N2CCC3COCC(C2)N3)cn1. The molecule has 2 bridgehead atoms. The van der Waals surface area contributed by atoms with Crippen molar-refractivity contribution in [3.8, 4) is 0 Å². The molecule has 6 heteroatoms. The van der Waals surface area contributed by atoms with Crippen LogP contribution in [0.25, 0.3) is 0 Å². The minimum Gasteiger partial charge on any atom is -0.384 e. The van der Waals surface area contributed by atoms with Crippen LogP contribution in [0.3, 0.4) is 0 Å². The topological polar surface area (TPSA) is 80.5 Å². The Morgan fingerprint density at radius 3 is 3.05 bits per heavy atom. The number of nitrogens with zero attached hydrogens (tertiary/aromatic N) is 2. The van der Waals surface area contributed by atoms with Crippen LogP contribution in [0.15, 0.2) is 18.3 Å². The molecule has 2 unspecified atom stereocenters. The Labute approximate surface area is 111 Å². The number of fused-ring (bicyclic) bond motifs is 2. The molecule has 0 saturated carbocycles. The van der Waals surface area contributed by atoms with Gasteiger partial charge in [0, 0.05) is 31.4 Å². The van der Waals surface area contributed by atoms with Crippen molar-refractivity contribution in [1.29, 1.82) is 0 Å². The summed E-state index contributed by atoms with van der Waals surface area (Å²) in [7, 11) is 0. The molecule has 0 spiro atoms. The van der Waals surface area contributed by atoms with Gasteiger partial charge in [0.15, 0.2) is 0 Å². The molecule has 2 aliphatic heterocycles. The van der Waals surface area contributed by atoms with Crippen LogP contribution in [0.2, 0.25) is 0 Å². The summed E-state index contributed by atoms with van der Waals surface area (Å²) in [4.78, 5) is 18.3. The monoisotopic (exact) mass is 262 g/mol.